The third kappa shape index (κ3) is 4.51. The van der Waals surface area contributed by atoms with E-state index in [1.807, 2.05) is 19.1 Å². The van der Waals surface area contributed by atoms with Crippen LogP contribution in [0.1, 0.15) is 15.9 Å². The SMILES string of the molecule is Cc1ccccc1NS(=O)(=O)c1ccc(NC(=O)c2ccc(F)cc2)cc1. The largest absolute Gasteiger partial charge is 0.322 e. The van der Waals surface area contributed by atoms with Gasteiger partial charge in [0, 0.05) is 11.3 Å². The van der Waals surface area contributed by atoms with Crippen molar-refractivity contribution in [3.8, 4) is 0 Å². The Kier molecular flexibility index (Phi) is 5.23. The molecule has 3 rings (SSSR count). The molecule has 0 aliphatic heterocycles. The Morgan fingerprint density at radius 1 is 0.889 bits per heavy atom. The van der Waals surface area contributed by atoms with Gasteiger partial charge >= 0.3 is 0 Å². The smallest absolute Gasteiger partial charge is 0.261 e. The second-order valence-corrected chi connectivity index (χ2v) is 7.59. The number of anilines is 2. The molecule has 0 atom stereocenters. The van der Waals surface area contributed by atoms with Crippen LogP contribution < -0.4 is 10.0 Å². The number of para-hydroxylation sites is 1. The molecule has 0 aliphatic carbocycles. The Morgan fingerprint density at radius 3 is 2.15 bits per heavy atom. The molecule has 27 heavy (non-hydrogen) atoms. The molecule has 3 aromatic rings. The molecule has 2 N–H and O–H groups in total. The maximum atomic E-state index is 12.9. The summed E-state index contributed by atoms with van der Waals surface area (Å²) in [5.74, 6) is -0.842. The van der Waals surface area contributed by atoms with Gasteiger partial charge in [0.1, 0.15) is 5.82 Å². The number of carbonyl (C=O) groups is 1. The molecule has 0 spiro atoms. The number of sulfonamides is 1. The van der Waals surface area contributed by atoms with E-state index in [2.05, 4.69) is 10.0 Å². The molecule has 0 aromatic heterocycles. The van der Waals surface area contributed by atoms with Gasteiger partial charge in [-0.25, -0.2) is 12.8 Å². The summed E-state index contributed by atoms with van der Waals surface area (Å²) in [5, 5.41) is 2.64. The van der Waals surface area contributed by atoms with Crippen LogP contribution in [0.2, 0.25) is 0 Å². The first-order valence-corrected chi connectivity index (χ1v) is 9.59. The van der Waals surface area contributed by atoms with E-state index in [1.165, 1.54) is 48.5 Å². The van der Waals surface area contributed by atoms with Gasteiger partial charge in [0.15, 0.2) is 0 Å². The summed E-state index contributed by atoms with van der Waals surface area (Å²) in [4.78, 5) is 12.2. The van der Waals surface area contributed by atoms with Gasteiger partial charge in [-0.3, -0.25) is 9.52 Å². The molecular weight excluding hydrogens is 367 g/mol. The molecule has 0 heterocycles. The van der Waals surface area contributed by atoms with Crippen molar-refractivity contribution in [2.75, 3.05) is 10.0 Å². The monoisotopic (exact) mass is 384 g/mol. The Bertz CT molecular complexity index is 1060. The fraction of sp³-hybridized carbons (Fsp3) is 0.0500. The van der Waals surface area contributed by atoms with E-state index >= 15 is 0 Å². The van der Waals surface area contributed by atoms with Gasteiger partial charge < -0.3 is 5.32 Å². The minimum Gasteiger partial charge on any atom is -0.322 e. The van der Waals surface area contributed by atoms with Crippen LogP contribution in [0.4, 0.5) is 15.8 Å². The van der Waals surface area contributed by atoms with Gasteiger partial charge in [0.2, 0.25) is 0 Å². The van der Waals surface area contributed by atoms with E-state index in [0.717, 1.165) is 5.56 Å². The van der Waals surface area contributed by atoms with Crippen LogP contribution in [0.3, 0.4) is 0 Å². The average Bonchev–Trinajstić information content (AvgIpc) is 2.64. The van der Waals surface area contributed by atoms with E-state index in [9.17, 15) is 17.6 Å². The molecular formula is C20H17FN2O3S. The lowest BCUT2D eigenvalue weighted by Gasteiger charge is -2.11. The average molecular weight is 384 g/mol. The first-order valence-electron chi connectivity index (χ1n) is 8.10. The Hall–Kier alpha value is -3.19. The molecule has 138 valence electrons. The number of halogens is 1. The maximum absolute atomic E-state index is 12.9. The van der Waals surface area contributed by atoms with E-state index in [-0.39, 0.29) is 4.90 Å². The van der Waals surface area contributed by atoms with Crippen molar-refractivity contribution in [2.45, 2.75) is 11.8 Å². The topological polar surface area (TPSA) is 75.3 Å². The zero-order valence-electron chi connectivity index (χ0n) is 14.4. The molecule has 0 saturated carbocycles. The summed E-state index contributed by atoms with van der Waals surface area (Å²) in [6.07, 6.45) is 0. The second-order valence-electron chi connectivity index (χ2n) is 5.91. The third-order valence-electron chi connectivity index (χ3n) is 3.92. The van der Waals surface area contributed by atoms with Gasteiger partial charge in [-0.1, -0.05) is 18.2 Å². The number of hydrogen-bond donors (Lipinski definition) is 2. The van der Waals surface area contributed by atoms with Crippen LogP contribution in [0.5, 0.6) is 0 Å². The molecule has 0 bridgehead atoms. The van der Waals surface area contributed by atoms with Crippen LogP contribution in [0.25, 0.3) is 0 Å². The quantitative estimate of drug-likeness (QED) is 0.693. The van der Waals surface area contributed by atoms with E-state index in [1.54, 1.807) is 12.1 Å². The zero-order chi connectivity index (χ0) is 19.4. The van der Waals surface area contributed by atoms with Crippen molar-refractivity contribution in [3.05, 3.63) is 89.7 Å². The molecule has 7 heteroatoms. The van der Waals surface area contributed by atoms with Gasteiger partial charge in [-0.2, -0.15) is 0 Å². The first kappa shape index (κ1) is 18.6. The number of amides is 1. The lowest BCUT2D eigenvalue weighted by atomic mass is 10.2. The van der Waals surface area contributed by atoms with Crippen molar-refractivity contribution in [2.24, 2.45) is 0 Å². The number of aryl methyl sites for hydroxylation is 1. The standard InChI is InChI=1S/C20H17FN2O3S/c1-14-4-2-3-5-19(14)23-27(25,26)18-12-10-17(11-13-18)22-20(24)15-6-8-16(21)9-7-15/h2-13,23H,1H3,(H,22,24). The maximum Gasteiger partial charge on any atom is 0.261 e. The molecule has 5 nitrogen and oxygen atoms in total. The number of hydrogen-bond acceptors (Lipinski definition) is 3. The molecule has 0 aliphatic rings. The van der Waals surface area contributed by atoms with Gasteiger partial charge in [0.05, 0.1) is 10.6 Å². The second kappa shape index (κ2) is 7.59. The Morgan fingerprint density at radius 2 is 1.52 bits per heavy atom. The third-order valence-corrected chi connectivity index (χ3v) is 5.30. The van der Waals surface area contributed by atoms with E-state index in [4.69, 9.17) is 0 Å². The highest BCUT2D eigenvalue weighted by Gasteiger charge is 2.15. The van der Waals surface area contributed by atoms with Crippen molar-refractivity contribution in [1.82, 2.24) is 0 Å². The number of benzene rings is 3. The Balaban J connectivity index is 1.73. The summed E-state index contributed by atoms with van der Waals surface area (Å²) in [7, 11) is -3.74. The molecule has 3 aromatic carbocycles. The highest BCUT2D eigenvalue weighted by atomic mass is 32.2. The molecule has 1 amide bonds. The predicted molar refractivity (Wildman–Crippen MR) is 103 cm³/mol. The fourth-order valence-corrected chi connectivity index (χ4v) is 3.54. The Labute approximate surface area is 156 Å². The van der Waals surface area contributed by atoms with Gasteiger partial charge in [-0.05, 0) is 67.1 Å². The lowest BCUT2D eigenvalue weighted by Crippen LogP contribution is -2.14. The zero-order valence-corrected chi connectivity index (χ0v) is 15.3. The van der Waals surface area contributed by atoms with Crippen molar-refractivity contribution < 1.29 is 17.6 Å². The molecule has 0 fully saturated rings. The molecule has 0 unspecified atom stereocenters. The molecule has 0 radical (unpaired) electrons. The number of rotatable bonds is 5. The van der Waals surface area contributed by atoms with E-state index < -0.39 is 21.7 Å². The summed E-state index contributed by atoms with van der Waals surface area (Å²) in [6, 6.07) is 18.0. The normalized spacial score (nSPS) is 11.0. The minimum atomic E-state index is -3.74. The van der Waals surface area contributed by atoms with Crippen LogP contribution in [0, 0.1) is 12.7 Å². The highest BCUT2D eigenvalue weighted by molar-refractivity contribution is 7.92. The number of nitrogens with one attached hydrogen (secondary N) is 2. The summed E-state index contributed by atoms with van der Waals surface area (Å²) < 4.78 is 40.5. The van der Waals surface area contributed by atoms with Crippen LogP contribution >= 0.6 is 0 Å². The van der Waals surface area contributed by atoms with Gasteiger partial charge in [-0.15, -0.1) is 0 Å². The van der Waals surface area contributed by atoms with Gasteiger partial charge in [0.25, 0.3) is 15.9 Å². The van der Waals surface area contributed by atoms with Crippen molar-refractivity contribution >= 4 is 27.3 Å². The first-order chi connectivity index (χ1) is 12.8. The highest BCUT2D eigenvalue weighted by Crippen LogP contribution is 2.21. The van der Waals surface area contributed by atoms with Crippen molar-refractivity contribution in [1.29, 1.82) is 0 Å². The summed E-state index contributed by atoms with van der Waals surface area (Å²) in [6.45, 7) is 1.81. The predicted octanol–water partition coefficient (Wildman–Crippen LogP) is 4.19. The van der Waals surface area contributed by atoms with Crippen molar-refractivity contribution in [3.63, 3.8) is 0 Å². The van der Waals surface area contributed by atoms with Crippen LogP contribution in [-0.4, -0.2) is 14.3 Å². The minimum absolute atomic E-state index is 0.0746. The number of carbonyl (C=O) groups excluding carboxylic acids is 1. The summed E-state index contributed by atoms with van der Waals surface area (Å²) in [5.41, 5.74) is 2.05. The van der Waals surface area contributed by atoms with Crippen LogP contribution in [-0.2, 0) is 10.0 Å². The lowest BCUT2D eigenvalue weighted by molar-refractivity contribution is 0.102. The fourth-order valence-electron chi connectivity index (χ4n) is 2.41. The summed E-state index contributed by atoms with van der Waals surface area (Å²) >= 11 is 0. The van der Waals surface area contributed by atoms with E-state index in [0.29, 0.717) is 16.9 Å². The van der Waals surface area contributed by atoms with Crippen LogP contribution in [0.15, 0.2) is 77.7 Å². The molecule has 0 saturated heterocycles.